The lowest BCUT2D eigenvalue weighted by Crippen LogP contribution is -2.18. The number of carbonyl (C=O) groups is 2. The molecule has 0 aliphatic carbocycles. The van der Waals surface area contributed by atoms with E-state index in [-0.39, 0.29) is 5.91 Å². The Kier molecular flexibility index (Phi) is 5.91. The van der Waals surface area contributed by atoms with Crippen LogP contribution in [0.2, 0.25) is 0 Å². The van der Waals surface area contributed by atoms with Crippen molar-refractivity contribution in [2.75, 3.05) is 13.7 Å². The molecule has 1 aromatic heterocycles. The summed E-state index contributed by atoms with van der Waals surface area (Å²) in [7, 11) is 1.46. The first-order valence-electron chi connectivity index (χ1n) is 6.92. The van der Waals surface area contributed by atoms with Gasteiger partial charge in [0.2, 0.25) is 0 Å². The van der Waals surface area contributed by atoms with E-state index in [4.69, 9.17) is 14.6 Å². The summed E-state index contributed by atoms with van der Waals surface area (Å²) in [6, 6.07) is 8.46. The van der Waals surface area contributed by atoms with E-state index in [1.54, 1.807) is 37.3 Å². The smallest absolute Gasteiger partial charge is 0.341 e. The Morgan fingerprint density at radius 3 is 2.71 bits per heavy atom. The number of carbonyl (C=O) groups excluding carboxylic acids is 1. The van der Waals surface area contributed by atoms with Crippen LogP contribution < -0.4 is 14.9 Å². The van der Waals surface area contributed by atoms with E-state index in [0.717, 1.165) is 0 Å². The van der Waals surface area contributed by atoms with Gasteiger partial charge in [-0.1, -0.05) is 6.07 Å². The largest absolute Gasteiger partial charge is 0.493 e. The summed E-state index contributed by atoms with van der Waals surface area (Å²) in [4.78, 5) is 23.0. The first-order valence-corrected chi connectivity index (χ1v) is 7.80. The SMILES string of the molecule is COc1cc(/C(C)=N/NC(=O)c2cccs2)ccc1OCC(=O)O. The normalized spacial score (nSPS) is 11.0. The summed E-state index contributed by atoms with van der Waals surface area (Å²) in [6.45, 7) is 1.28. The van der Waals surface area contributed by atoms with Gasteiger partial charge in [-0.2, -0.15) is 5.10 Å². The number of aliphatic carboxylic acids is 1. The molecule has 0 aliphatic heterocycles. The molecule has 0 unspecified atom stereocenters. The lowest BCUT2D eigenvalue weighted by molar-refractivity contribution is -0.139. The zero-order valence-electron chi connectivity index (χ0n) is 13.1. The fourth-order valence-electron chi connectivity index (χ4n) is 1.81. The average molecular weight is 348 g/mol. The van der Waals surface area contributed by atoms with Crippen molar-refractivity contribution in [3.05, 3.63) is 46.2 Å². The Morgan fingerprint density at radius 2 is 2.08 bits per heavy atom. The van der Waals surface area contributed by atoms with Gasteiger partial charge in [0, 0.05) is 5.56 Å². The van der Waals surface area contributed by atoms with Gasteiger partial charge in [-0.15, -0.1) is 11.3 Å². The van der Waals surface area contributed by atoms with E-state index in [0.29, 0.717) is 27.7 Å². The van der Waals surface area contributed by atoms with E-state index in [2.05, 4.69) is 10.5 Å². The van der Waals surface area contributed by atoms with Gasteiger partial charge in [-0.05, 0) is 36.6 Å². The number of nitrogens with one attached hydrogen (secondary N) is 1. The van der Waals surface area contributed by atoms with Crippen LogP contribution in [0, 0.1) is 0 Å². The standard InChI is InChI=1S/C16H16N2O5S/c1-10(17-18-16(21)14-4-3-7-24-14)11-5-6-12(13(8-11)22-2)23-9-15(19)20/h3-8H,9H2,1-2H3,(H,18,21)(H,19,20)/b17-10+. The molecule has 0 atom stereocenters. The molecular weight excluding hydrogens is 332 g/mol. The van der Waals surface area contributed by atoms with Gasteiger partial charge in [0.05, 0.1) is 17.7 Å². The van der Waals surface area contributed by atoms with Crippen LogP contribution in [0.3, 0.4) is 0 Å². The highest BCUT2D eigenvalue weighted by atomic mass is 32.1. The lowest BCUT2D eigenvalue weighted by atomic mass is 10.1. The monoisotopic (exact) mass is 348 g/mol. The van der Waals surface area contributed by atoms with Crippen LogP contribution in [-0.2, 0) is 4.79 Å². The van der Waals surface area contributed by atoms with Gasteiger partial charge >= 0.3 is 5.97 Å². The fourth-order valence-corrected chi connectivity index (χ4v) is 2.43. The zero-order chi connectivity index (χ0) is 17.5. The number of thiophene rings is 1. The predicted octanol–water partition coefficient (Wildman–Crippen LogP) is 2.37. The highest BCUT2D eigenvalue weighted by Gasteiger charge is 2.10. The molecule has 1 aromatic carbocycles. The van der Waals surface area contributed by atoms with E-state index >= 15 is 0 Å². The van der Waals surface area contributed by atoms with Crippen molar-refractivity contribution in [1.29, 1.82) is 0 Å². The summed E-state index contributed by atoms with van der Waals surface area (Å²) in [5.41, 5.74) is 3.77. The molecule has 1 heterocycles. The third kappa shape index (κ3) is 4.56. The van der Waals surface area contributed by atoms with Crippen molar-refractivity contribution in [3.8, 4) is 11.5 Å². The number of hydrazone groups is 1. The van der Waals surface area contributed by atoms with Gasteiger partial charge in [0.25, 0.3) is 5.91 Å². The number of benzene rings is 1. The number of ether oxygens (including phenoxy) is 2. The van der Waals surface area contributed by atoms with E-state index in [1.807, 2.05) is 5.38 Å². The molecule has 0 saturated carbocycles. The van der Waals surface area contributed by atoms with Crippen LogP contribution in [-0.4, -0.2) is 36.4 Å². The van der Waals surface area contributed by atoms with E-state index < -0.39 is 12.6 Å². The maximum Gasteiger partial charge on any atom is 0.341 e. The number of methoxy groups -OCH3 is 1. The molecule has 0 aliphatic rings. The number of hydrogen-bond acceptors (Lipinski definition) is 6. The van der Waals surface area contributed by atoms with Crippen molar-refractivity contribution in [1.82, 2.24) is 5.43 Å². The predicted molar refractivity (Wildman–Crippen MR) is 90.1 cm³/mol. The molecule has 24 heavy (non-hydrogen) atoms. The lowest BCUT2D eigenvalue weighted by Gasteiger charge is -2.11. The van der Waals surface area contributed by atoms with Crippen LogP contribution in [0.15, 0.2) is 40.8 Å². The molecule has 2 rings (SSSR count). The molecule has 0 spiro atoms. The van der Waals surface area contributed by atoms with Crippen molar-refractivity contribution in [3.63, 3.8) is 0 Å². The summed E-state index contributed by atoms with van der Waals surface area (Å²) >= 11 is 1.33. The van der Waals surface area contributed by atoms with Gasteiger partial charge < -0.3 is 14.6 Å². The molecule has 1 amide bonds. The van der Waals surface area contributed by atoms with Crippen LogP contribution in [0.25, 0.3) is 0 Å². The summed E-state index contributed by atoms with van der Waals surface area (Å²) in [6.07, 6.45) is 0. The third-order valence-electron chi connectivity index (χ3n) is 3.00. The minimum atomic E-state index is -1.07. The Hall–Kier alpha value is -2.87. The Morgan fingerprint density at radius 1 is 1.29 bits per heavy atom. The van der Waals surface area contributed by atoms with Crippen molar-refractivity contribution < 1.29 is 24.2 Å². The first-order chi connectivity index (χ1) is 11.5. The number of nitrogens with zero attached hydrogens (tertiary/aromatic N) is 1. The molecule has 2 aromatic rings. The molecule has 7 nitrogen and oxygen atoms in total. The zero-order valence-corrected chi connectivity index (χ0v) is 13.9. The maximum atomic E-state index is 11.9. The molecule has 2 N–H and O–H groups in total. The topological polar surface area (TPSA) is 97.2 Å². The molecule has 8 heteroatoms. The molecule has 126 valence electrons. The van der Waals surface area contributed by atoms with Crippen LogP contribution >= 0.6 is 11.3 Å². The Balaban J connectivity index is 2.11. The minimum Gasteiger partial charge on any atom is -0.493 e. The minimum absolute atomic E-state index is 0.280. The average Bonchev–Trinajstić information content (AvgIpc) is 3.11. The molecule has 0 radical (unpaired) electrons. The Bertz CT molecular complexity index is 756. The second kappa shape index (κ2) is 8.11. The van der Waals surface area contributed by atoms with E-state index in [1.165, 1.54) is 18.4 Å². The van der Waals surface area contributed by atoms with Crippen molar-refractivity contribution >= 4 is 28.9 Å². The fraction of sp³-hybridized carbons (Fsp3) is 0.188. The van der Waals surface area contributed by atoms with Gasteiger partial charge in [0.1, 0.15) is 0 Å². The second-order valence-electron chi connectivity index (χ2n) is 4.66. The third-order valence-corrected chi connectivity index (χ3v) is 3.87. The van der Waals surface area contributed by atoms with Gasteiger partial charge in [0.15, 0.2) is 18.1 Å². The highest BCUT2D eigenvalue weighted by Crippen LogP contribution is 2.28. The number of hydrogen-bond donors (Lipinski definition) is 2. The number of rotatable bonds is 7. The van der Waals surface area contributed by atoms with Gasteiger partial charge in [-0.25, -0.2) is 10.2 Å². The number of amides is 1. The van der Waals surface area contributed by atoms with E-state index in [9.17, 15) is 9.59 Å². The molecule has 0 fully saturated rings. The first kappa shape index (κ1) is 17.5. The molecule has 0 bridgehead atoms. The maximum absolute atomic E-state index is 11.9. The second-order valence-corrected chi connectivity index (χ2v) is 5.61. The van der Waals surface area contributed by atoms with Crippen LogP contribution in [0.1, 0.15) is 22.2 Å². The highest BCUT2D eigenvalue weighted by molar-refractivity contribution is 7.12. The summed E-state index contributed by atoms with van der Waals surface area (Å²) in [5.74, 6) is -0.653. The van der Waals surface area contributed by atoms with Crippen LogP contribution in [0.4, 0.5) is 0 Å². The number of carboxylic acids is 1. The Labute approximate surface area is 142 Å². The van der Waals surface area contributed by atoms with Gasteiger partial charge in [-0.3, -0.25) is 4.79 Å². The molecular formula is C16H16N2O5S. The summed E-state index contributed by atoms with van der Waals surface area (Å²) in [5, 5.41) is 14.5. The molecule has 0 saturated heterocycles. The summed E-state index contributed by atoms with van der Waals surface area (Å²) < 4.78 is 10.3. The van der Waals surface area contributed by atoms with Crippen molar-refractivity contribution in [2.24, 2.45) is 5.10 Å². The van der Waals surface area contributed by atoms with Crippen molar-refractivity contribution in [2.45, 2.75) is 6.92 Å². The number of carboxylic acid groups (broad SMARTS) is 1. The quantitative estimate of drug-likeness (QED) is 0.591. The van der Waals surface area contributed by atoms with Crippen LogP contribution in [0.5, 0.6) is 11.5 Å².